The van der Waals surface area contributed by atoms with E-state index in [-0.39, 0.29) is 11.9 Å². The van der Waals surface area contributed by atoms with Crippen LogP contribution in [0.1, 0.15) is 27.5 Å². The van der Waals surface area contributed by atoms with Crippen LogP contribution in [0.4, 0.5) is 11.5 Å². The standard InChI is InChI=1S/C29H29N5O/c1-21-8-6-11-23(16-21)26-18-28(31-20-30-26)32-25-13-7-12-24(17-25)29(35)34-15-14-33(2)19-27(34)22-9-4-3-5-10-22/h3-13,16-18,20,27H,14-15,19H2,1-2H3,(H,30,31,32)/t27-/m1/s1. The van der Waals surface area contributed by atoms with Crippen molar-refractivity contribution in [2.75, 3.05) is 32.0 Å². The zero-order chi connectivity index (χ0) is 24.2. The molecule has 5 rings (SSSR count). The first-order chi connectivity index (χ1) is 17.1. The van der Waals surface area contributed by atoms with Gasteiger partial charge in [0.15, 0.2) is 0 Å². The zero-order valence-corrected chi connectivity index (χ0v) is 20.1. The summed E-state index contributed by atoms with van der Waals surface area (Å²) in [5, 5.41) is 3.35. The first kappa shape index (κ1) is 22.7. The van der Waals surface area contributed by atoms with Crippen LogP contribution in [0.5, 0.6) is 0 Å². The molecule has 1 aliphatic rings. The van der Waals surface area contributed by atoms with Gasteiger partial charge in [-0.15, -0.1) is 0 Å². The van der Waals surface area contributed by atoms with Crippen molar-refractivity contribution in [2.24, 2.45) is 0 Å². The molecular formula is C29H29N5O. The molecule has 4 aromatic rings. The Labute approximate surface area is 206 Å². The van der Waals surface area contributed by atoms with E-state index in [4.69, 9.17) is 0 Å². The summed E-state index contributed by atoms with van der Waals surface area (Å²) in [4.78, 5) is 26.7. The SMILES string of the molecule is Cc1cccc(-c2cc(Nc3cccc(C(=O)N4CCN(C)C[C@@H]4c4ccccc4)c3)ncn2)c1. The monoisotopic (exact) mass is 463 g/mol. The minimum Gasteiger partial charge on any atom is -0.340 e. The van der Waals surface area contributed by atoms with Gasteiger partial charge in [0.1, 0.15) is 12.1 Å². The van der Waals surface area contributed by atoms with Crippen LogP contribution in [0.25, 0.3) is 11.3 Å². The lowest BCUT2D eigenvalue weighted by molar-refractivity contribution is 0.0498. The highest BCUT2D eigenvalue weighted by Gasteiger charge is 2.30. The van der Waals surface area contributed by atoms with Gasteiger partial charge >= 0.3 is 0 Å². The minimum atomic E-state index is 0.0258. The van der Waals surface area contributed by atoms with Crippen molar-refractivity contribution in [1.82, 2.24) is 19.8 Å². The van der Waals surface area contributed by atoms with Crippen LogP contribution in [0, 0.1) is 6.92 Å². The van der Waals surface area contributed by atoms with Crippen LogP contribution < -0.4 is 5.32 Å². The summed E-state index contributed by atoms with van der Waals surface area (Å²) >= 11 is 0. The van der Waals surface area contributed by atoms with Gasteiger partial charge in [0.05, 0.1) is 11.7 Å². The number of amides is 1. The Bertz CT molecular complexity index is 1320. The van der Waals surface area contributed by atoms with Crippen molar-refractivity contribution < 1.29 is 4.79 Å². The Kier molecular flexibility index (Phi) is 6.55. The van der Waals surface area contributed by atoms with Crippen molar-refractivity contribution in [1.29, 1.82) is 0 Å². The van der Waals surface area contributed by atoms with Crippen molar-refractivity contribution in [3.63, 3.8) is 0 Å². The molecule has 0 spiro atoms. The predicted octanol–water partition coefficient (Wildman–Crippen LogP) is 5.32. The summed E-state index contributed by atoms with van der Waals surface area (Å²) in [6.07, 6.45) is 1.56. The van der Waals surface area contributed by atoms with Gasteiger partial charge in [-0.1, -0.05) is 60.2 Å². The molecule has 1 atom stereocenters. The Morgan fingerprint density at radius 1 is 0.914 bits per heavy atom. The molecule has 6 nitrogen and oxygen atoms in total. The second kappa shape index (κ2) is 10.1. The number of aryl methyl sites for hydroxylation is 1. The molecule has 2 heterocycles. The van der Waals surface area contributed by atoms with Crippen LogP contribution in [0.2, 0.25) is 0 Å². The minimum absolute atomic E-state index is 0.0258. The number of carbonyl (C=O) groups excluding carboxylic acids is 1. The van der Waals surface area contributed by atoms with Gasteiger partial charge in [0.25, 0.3) is 5.91 Å². The van der Waals surface area contributed by atoms with E-state index in [9.17, 15) is 4.79 Å². The van der Waals surface area contributed by atoms with Crippen LogP contribution in [-0.4, -0.2) is 52.4 Å². The molecule has 0 saturated carbocycles. The molecule has 1 fully saturated rings. The molecule has 1 saturated heterocycles. The van der Waals surface area contributed by atoms with E-state index >= 15 is 0 Å². The molecule has 3 aromatic carbocycles. The van der Waals surface area contributed by atoms with E-state index in [1.54, 1.807) is 6.33 Å². The van der Waals surface area contributed by atoms with Crippen molar-refractivity contribution >= 4 is 17.4 Å². The van der Waals surface area contributed by atoms with E-state index in [1.807, 2.05) is 65.6 Å². The average Bonchev–Trinajstić information content (AvgIpc) is 2.89. The molecule has 6 heteroatoms. The fraction of sp³-hybridized carbons (Fsp3) is 0.207. The molecule has 35 heavy (non-hydrogen) atoms. The lowest BCUT2D eigenvalue weighted by atomic mass is 10.0. The summed E-state index contributed by atoms with van der Waals surface area (Å²) in [6.45, 7) is 4.43. The molecular weight excluding hydrogens is 434 g/mol. The fourth-order valence-corrected chi connectivity index (χ4v) is 4.55. The van der Waals surface area contributed by atoms with Crippen molar-refractivity contribution in [3.05, 3.63) is 108 Å². The molecule has 0 aliphatic carbocycles. The number of piperazine rings is 1. The second-order valence-corrected chi connectivity index (χ2v) is 9.05. The highest BCUT2D eigenvalue weighted by atomic mass is 16.2. The number of carbonyl (C=O) groups is 1. The van der Waals surface area contributed by atoms with Crippen molar-refractivity contribution in [2.45, 2.75) is 13.0 Å². The van der Waals surface area contributed by atoms with Crippen LogP contribution in [0.15, 0.2) is 91.3 Å². The number of aromatic nitrogens is 2. The van der Waals surface area contributed by atoms with Crippen LogP contribution >= 0.6 is 0 Å². The maximum atomic E-state index is 13.6. The molecule has 1 aromatic heterocycles. The molecule has 176 valence electrons. The number of nitrogens with zero attached hydrogens (tertiary/aromatic N) is 4. The van der Waals surface area contributed by atoms with Crippen LogP contribution in [0.3, 0.4) is 0 Å². The summed E-state index contributed by atoms with van der Waals surface area (Å²) < 4.78 is 0. The third-order valence-electron chi connectivity index (χ3n) is 6.39. The van der Waals surface area contributed by atoms with Gasteiger partial charge in [-0.05, 0) is 43.8 Å². The Morgan fingerprint density at radius 3 is 2.57 bits per heavy atom. The van der Waals surface area contributed by atoms with Crippen molar-refractivity contribution in [3.8, 4) is 11.3 Å². The molecule has 0 radical (unpaired) electrons. The van der Waals surface area contributed by atoms with Gasteiger partial charge in [-0.3, -0.25) is 4.79 Å². The van der Waals surface area contributed by atoms with Gasteiger partial charge in [-0.25, -0.2) is 9.97 Å². The molecule has 1 aliphatic heterocycles. The van der Waals surface area contributed by atoms with Crippen LogP contribution in [-0.2, 0) is 0 Å². The maximum absolute atomic E-state index is 13.6. The number of rotatable bonds is 5. The normalized spacial score (nSPS) is 16.2. The number of anilines is 2. The zero-order valence-electron chi connectivity index (χ0n) is 20.1. The third-order valence-corrected chi connectivity index (χ3v) is 6.39. The third kappa shape index (κ3) is 5.23. The number of likely N-dealkylation sites (N-methyl/N-ethyl adjacent to an activating group) is 1. The second-order valence-electron chi connectivity index (χ2n) is 9.05. The number of nitrogens with one attached hydrogen (secondary N) is 1. The lowest BCUT2D eigenvalue weighted by Gasteiger charge is -2.40. The van der Waals surface area contributed by atoms with E-state index in [0.717, 1.165) is 35.6 Å². The Balaban J connectivity index is 1.37. The van der Waals surface area contributed by atoms with Gasteiger partial charge in [0.2, 0.25) is 0 Å². The first-order valence-electron chi connectivity index (χ1n) is 11.9. The topological polar surface area (TPSA) is 61.4 Å². The van der Waals surface area contributed by atoms with E-state index in [2.05, 4.69) is 58.4 Å². The van der Waals surface area contributed by atoms with E-state index in [0.29, 0.717) is 17.9 Å². The average molecular weight is 464 g/mol. The number of benzene rings is 3. The largest absolute Gasteiger partial charge is 0.340 e. The summed E-state index contributed by atoms with van der Waals surface area (Å²) in [5.74, 6) is 0.724. The van der Waals surface area contributed by atoms with Gasteiger partial charge in [-0.2, -0.15) is 0 Å². The highest BCUT2D eigenvalue weighted by molar-refractivity contribution is 5.95. The fourth-order valence-electron chi connectivity index (χ4n) is 4.55. The molecule has 1 amide bonds. The smallest absolute Gasteiger partial charge is 0.254 e. The quantitative estimate of drug-likeness (QED) is 0.434. The first-order valence-corrected chi connectivity index (χ1v) is 11.9. The van der Waals surface area contributed by atoms with Gasteiger partial charge < -0.3 is 15.1 Å². The van der Waals surface area contributed by atoms with Gasteiger partial charge in [0, 0.05) is 42.5 Å². The molecule has 0 bridgehead atoms. The predicted molar refractivity (Wildman–Crippen MR) is 140 cm³/mol. The lowest BCUT2D eigenvalue weighted by Crippen LogP contribution is -2.49. The highest BCUT2D eigenvalue weighted by Crippen LogP contribution is 2.28. The maximum Gasteiger partial charge on any atom is 0.254 e. The number of hydrogen-bond donors (Lipinski definition) is 1. The Morgan fingerprint density at radius 2 is 1.74 bits per heavy atom. The Hall–Kier alpha value is -4.03. The number of hydrogen-bond acceptors (Lipinski definition) is 5. The summed E-state index contributed by atoms with van der Waals surface area (Å²) in [5.41, 5.74) is 5.71. The molecule has 1 N–H and O–H groups in total. The summed E-state index contributed by atoms with van der Waals surface area (Å²) in [6, 6.07) is 28.1. The van der Waals surface area contributed by atoms with E-state index < -0.39 is 0 Å². The molecule has 0 unspecified atom stereocenters. The summed E-state index contributed by atoms with van der Waals surface area (Å²) in [7, 11) is 2.11. The van der Waals surface area contributed by atoms with E-state index in [1.165, 1.54) is 5.56 Å².